The molecule has 2 aromatic carbocycles. The summed E-state index contributed by atoms with van der Waals surface area (Å²) < 4.78 is 4.51. The summed E-state index contributed by atoms with van der Waals surface area (Å²) in [5.74, 6) is 0.829. The molecule has 0 aliphatic carbocycles. The Bertz CT molecular complexity index is 1040. The van der Waals surface area contributed by atoms with Gasteiger partial charge in [-0.05, 0) is 36.8 Å². The summed E-state index contributed by atoms with van der Waals surface area (Å²) >= 11 is 1.41. The Labute approximate surface area is 179 Å². The molecule has 3 aromatic rings. The average Bonchev–Trinajstić information content (AvgIpc) is 3.23. The number of rotatable bonds is 4. The van der Waals surface area contributed by atoms with E-state index in [1.54, 1.807) is 24.3 Å². The molecule has 0 spiro atoms. The van der Waals surface area contributed by atoms with Crippen molar-refractivity contribution in [2.24, 2.45) is 0 Å². The number of piperazine rings is 1. The van der Waals surface area contributed by atoms with Crippen LogP contribution in [0.5, 0.6) is 0 Å². The van der Waals surface area contributed by atoms with Crippen LogP contribution in [0.1, 0.15) is 23.9 Å². The third-order valence-electron chi connectivity index (χ3n) is 5.09. The van der Waals surface area contributed by atoms with Crippen molar-refractivity contribution < 1.29 is 4.79 Å². The molecule has 0 radical (unpaired) electrons. The second-order valence-electron chi connectivity index (χ2n) is 7.26. The Balaban J connectivity index is 1.34. The molecule has 7 nitrogen and oxygen atoms in total. The van der Waals surface area contributed by atoms with Gasteiger partial charge in [-0.15, -0.1) is 0 Å². The average molecular weight is 419 g/mol. The fourth-order valence-electron chi connectivity index (χ4n) is 3.48. The summed E-state index contributed by atoms with van der Waals surface area (Å²) in [6, 6.07) is 19.1. The van der Waals surface area contributed by atoms with E-state index in [0.29, 0.717) is 30.9 Å². The van der Waals surface area contributed by atoms with Gasteiger partial charge in [-0.1, -0.05) is 30.3 Å². The van der Waals surface area contributed by atoms with Crippen molar-refractivity contribution >= 4 is 28.4 Å². The predicted molar refractivity (Wildman–Crippen MR) is 118 cm³/mol. The van der Waals surface area contributed by atoms with E-state index in [4.69, 9.17) is 10.2 Å². The summed E-state index contributed by atoms with van der Waals surface area (Å²) in [5.41, 5.74) is 2.45. The number of hydrogen-bond acceptors (Lipinski definition) is 6. The van der Waals surface area contributed by atoms with Gasteiger partial charge in [0.2, 0.25) is 5.13 Å². The molecule has 30 heavy (non-hydrogen) atoms. The first-order valence-electron chi connectivity index (χ1n) is 9.81. The molecular weight excluding hydrogens is 396 g/mol. The number of amides is 2. The second-order valence-corrected chi connectivity index (χ2v) is 7.99. The van der Waals surface area contributed by atoms with Crippen LogP contribution in [0.2, 0.25) is 0 Å². The highest BCUT2D eigenvalue weighted by Gasteiger charge is 2.29. The van der Waals surface area contributed by atoms with Crippen molar-refractivity contribution in [1.82, 2.24) is 14.3 Å². The minimum atomic E-state index is -0.131. The van der Waals surface area contributed by atoms with E-state index in [9.17, 15) is 4.79 Å². The van der Waals surface area contributed by atoms with Gasteiger partial charge in [0, 0.05) is 49.3 Å². The number of benzene rings is 2. The number of carbonyl (C=O) groups excluding carboxylic acids is 1. The number of anilines is 2. The highest BCUT2D eigenvalue weighted by Crippen LogP contribution is 2.23. The molecule has 1 atom stereocenters. The lowest BCUT2D eigenvalue weighted by Gasteiger charge is -2.39. The van der Waals surface area contributed by atoms with Crippen molar-refractivity contribution in [3.63, 3.8) is 0 Å². The molecule has 8 heteroatoms. The topological polar surface area (TPSA) is 85.2 Å². The number of aromatic nitrogens is 2. The molecule has 2 amide bonds. The first-order valence-corrected chi connectivity index (χ1v) is 10.6. The van der Waals surface area contributed by atoms with Crippen LogP contribution in [0, 0.1) is 11.3 Å². The first kappa shape index (κ1) is 19.9. The third-order valence-corrected chi connectivity index (χ3v) is 5.90. The molecule has 1 aliphatic heterocycles. The van der Waals surface area contributed by atoms with Gasteiger partial charge in [-0.25, -0.2) is 9.78 Å². The number of nitrogens with zero attached hydrogens (tertiary/aromatic N) is 5. The van der Waals surface area contributed by atoms with Crippen LogP contribution in [-0.4, -0.2) is 46.0 Å². The Morgan fingerprint density at radius 2 is 1.97 bits per heavy atom. The largest absolute Gasteiger partial charge is 0.343 e. The highest BCUT2D eigenvalue weighted by molar-refractivity contribution is 7.09. The van der Waals surface area contributed by atoms with Crippen LogP contribution in [0.4, 0.5) is 15.6 Å². The Morgan fingerprint density at radius 1 is 1.20 bits per heavy atom. The molecule has 0 unspecified atom stereocenters. The van der Waals surface area contributed by atoms with Gasteiger partial charge >= 0.3 is 6.03 Å². The van der Waals surface area contributed by atoms with Gasteiger partial charge in [0.25, 0.3) is 0 Å². The molecule has 1 aliphatic rings. The maximum Gasteiger partial charge on any atom is 0.322 e. The molecule has 2 heterocycles. The van der Waals surface area contributed by atoms with E-state index in [2.05, 4.69) is 32.8 Å². The van der Waals surface area contributed by atoms with Gasteiger partial charge < -0.3 is 15.1 Å². The smallest absolute Gasteiger partial charge is 0.322 e. The molecule has 1 saturated heterocycles. The van der Waals surface area contributed by atoms with Crippen LogP contribution in [0.25, 0.3) is 0 Å². The Morgan fingerprint density at radius 3 is 2.67 bits per heavy atom. The van der Waals surface area contributed by atoms with Gasteiger partial charge in [0.15, 0.2) is 0 Å². The standard InChI is InChI=1S/C22H22N6OS/c1-16-15-27(22-25-20(26-30-22)13-17-5-3-2-4-6-17)11-12-28(16)21(29)24-19-9-7-18(14-23)8-10-19/h2-10,16H,11-13,15H2,1H3,(H,24,29)/t16-/m1/s1. The van der Waals surface area contributed by atoms with E-state index in [1.807, 2.05) is 30.0 Å². The maximum absolute atomic E-state index is 12.7. The Kier molecular flexibility index (Phi) is 5.91. The molecule has 4 rings (SSSR count). The van der Waals surface area contributed by atoms with Gasteiger partial charge in [-0.3, -0.25) is 0 Å². The van der Waals surface area contributed by atoms with Crippen LogP contribution in [-0.2, 0) is 6.42 Å². The molecule has 1 fully saturated rings. The van der Waals surface area contributed by atoms with Crippen molar-refractivity contribution in [2.75, 3.05) is 29.9 Å². The summed E-state index contributed by atoms with van der Waals surface area (Å²) in [5, 5.41) is 12.7. The Hall–Kier alpha value is -3.44. The maximum atomic E-state index is 12.7. The van der Waals surface area contributed by atoms with Crippen LogP contribution in [0.3, 0.4) is 0 Å². The minimum Gasteiger partial charge on any atom is -0.343 e. The molecule has 1 aromatic heterocycles. The van der Waals surface area contributed by atoms with E-state index in [0.717, 1.165) is 17.4 Å². The van der Waals surface area contributed by atoms with E-state index in [1.165, 1.54) is 17.1 Å². The lowest BCUT2D eigenvalue weighted by atomic mass is 10.1. The van der Waals surface area contributed by atoms with E-state index >= 15 is 0 Å². The zero-order valence-electron chi connectivity index (χ0n) is 16.7. The number of carbonyl (C=O) groups is 1. The summed E-state index contributed by atoms with van der Waals surface area (Å²) in [6.07, 6.45) is 0.722. The zero-order chi connectivity index (χ0) is 20.9. The highest BCUT2D eigenvalue weighted by atomic mass is 32.1. The molecule has 152 valence electrons. The van der Waals surface area contributed by atoms with Crippen LogP contribution >= 0.6 is 11.5 Å². The third kappa shape index (κ3) is 4.58. The fraction of sp³-hybridized carbons (Fsp3) is 0.273. The summed E-state index contributed by atoms with van der Waals surface area (Å²) in [4.78, 5) is 21.4. The quantitative estimate of drug-likeness (QED) is 0.698. The van der Waals surface area contributed by atoms with Crippen LogP contribution < -0.4 is 10.2 Å². The lowest BCUT2D eigenvalue weighted by molar-refractivity contribution is 0.185. The normalized spacial score (nSPS) is 16.2. The van der Waals surface area contributed by atoms with Gasteiger partial charge in [0.05, 0.1) is 11.6 Å². The number of urea groups is 1. The number of nitrogens with one attached hydrogen (secondary N) is 1. The minimum absolute atomic E-state index is 0.0404. The number of nitriles is 1. The van der Waals surface area contributed by atoms with Crippen molar-refractivity contribution in [3.05, 3.63) is 71.5 Å². The van der Waals surface area contributed by atoms with Crippen molar-refractivity contribution in [3.8, 4) is 6.07 Å². The number of hydrogen-bond donors (Lipinski definition) is 1. The second kappa shape index (κ2) is 8.93. The SMILES string of the molecule is C[C@@H]1CN(c2nc(Cc3ccccc3)ns2)CCN1C(=O)Nc1ccc(C#N)cc1. The predicted octanol–water partition coefficient (Wildman–Crippen LogP) is 3.74. The zero-order valence-corrected chi connectivity index (χ0v) is 17.5. The molecular formula is C22H22N6OS. The summed E-state index contributed by atoms with van der Waals surface area (Å²) in [7, 11) is 0. The van der Waals surface area contributed by atoms with E-state index in [-0.39, 0.29) is 12.1 Å². The summed E-state index contributed by atoms with van der Waals surface area (Å²) in [6.45, 7) is 4.07. The molecule has 0 saturated carbocycles. The molecule has 0 bridgehead atoms. The lowest BCUT2D eigenvalue weighted by Crippen LogP contribution is -2.55. The van der Waals surface area contributed by atoms with E-state index < -0.39 is 0 Å². The first-order chi connectivity index (χ1) is 14.6. The fourth-order valence-corrected chi connectivity index (χ4v) is 4.20. The van der Waals surface area contributed by atoms with Crippen molar-refractivity contribution in [1.29, 1.82) is 5.26 Å². The van der Waals surface area contributed by atoms with Crippen LogP contribution in [0.15, 0.2) is 54.6 Å². The monoisotopic (exact) mass is 418 g/mol. The van der Waals surface area contributed by atoms with Gasteiger partial charge in [0.1, 0.15) is 5.82 Å². The molecule has 1 N–H and O–H groups in total. The van der Waals surface area contributed by atoms with Gasteiger partial charge in [-0.2, -0.15) is 9.64 Å². The van der Waals surface area contributed by atoms with Crippen molar-refractivity contribution in [2.45, 2.75) is 19.4 Å².